The number of nitrogens with two attached hydrogens (primary N) is 1. The van der Waals surface area contributed by atoms with Crippen LogP contribution in [0.2, 0.25) is 0 Å². The summed E-state index contributed by atoms with van der Waals surface area (Å²) in [5, 5.41) is 8.96. The normalized spacial score (nSPS) is 16.1. The minimum Gasteiger partial charge on any atom is -0.383 e. The Hall–Kier alpha value is -2.14. The van der Waals surface area contributed by atoms with Gasteiger partial charge in [0.1, 0.15) is 5.84 Å². The quantitative estimate of drug-likeness (QED) is 0.583. The highest BCUT2D eigenvalue weighted by Crippen LogP contribution is 2.24. The van der Waals surface area contributed by atoms with E-state index in [9.17, 15) is 0 Å². The van der Waals surface area contributed by atoms with E-state index in [0.29, 0.717) is 11.9 Å². The Labute approximate surface area is 166 Å². The number of hydrogen-bond acceptors (Lipinski definition) is 3. The van der Waals surface area contributed by atoms with E-state index in [0.717, 1.165) is 35.5 Å². The summed E-state index contributed by atoms with van der Waals surface area (Å²) in [7, 11) is 0. The summed E-state index contributed by atoms with van der Waals surface area (Å²) >= 11 is 1.71. The summed E-state index contributed by atoms with van der Waals surface area (Å²) in [5.74, 6) is 0.669. The average Bonchev–Trinajstić information content (AvgIpc) is 3.24. The molecule has 4 nitrogen and oxygen atoms in total. The monoisotopic (exact) mass is 384 g/mol. The van der Waals surface area contributed by atoms with Crippen LogP contribution in [0.3, 0.4) is 0 Å². The van der Waals surface area contributed by atoms with Crippen molar-refractivity contribution in [2.24, 2.45) is 10.7 Å². The van der Waals surface area contributed by atoms with E-state index in [1.165, 1.54) is 17.7 Å². The van der Waals surface area contributed by atoms with Gasteiger partial charge >= 0.3 is 0 Å². The maximum atomic E-state index is 6.11. The standard InChI is InChI=1S/C20H26N4S.C2H6/c1-3-5-6-7-8-19-15(4-2)12-22-24(19)13-18-11-16(14-25-18)20(21)23-17-9-10-17;1-2/h4,6-8,11-12,14,17H,3,5,9-10,13H2,1-2H3,(H2,21,23);1-2H3/b7-6-,15-4-,19-8+;. The van der Waals surface area contributed by atoms with E-state index in [4.69, 9.17) is 5.73 Å². The zero-order valence-electron chi connectivity index (χ0n) is 17.0. The molecule has 1 aliphatic rings. The summed E-state index contributed by atoms with van der Waals surface area (Å²) in [4.78, 5) is 5.77. The third kappa shape index (κ3) is 6.21. The number of aliphatic imine (C=N–C) groups is 1. The number of thiophene rings is 1. The van der Waals surface area contributed by atoms with E-state index < -0.39 is 0 Å². The first-order valence-corrected chi connectivity index (χ1v) is 10.8. The Kier molecular flexibility index (Phi) is 8.52. The van der Waals surface area contributed by atoms with E-state index in [1.54, 1.807) is 11.3 Å². The van der Waals surface area contributed by atoms with Gasteiger partial charge < -0.3 is 5.73 Å². The predicted octanol–water partition coefficient (Wildman–Crippen LogP) is 3.82. The first kappa shape index (κ1) is 21.2. The molecule has 0 bridgehead atoms. The molecule has 146 valence electrons. The molecule has 2 aromatic rings. The molecule has 0 saturated heterocycles. The number of hydrogen-bond donors (Lipinski definition) is 1. The fourth-order valence-corrected chi connectivity index (χ4v) is 3.44. The number of rotatable bonds is 7. The van der Waals surface area contributed by atoms with Crippen LogP contribution in [0.4, 0.5) is 0 Å². The van der Waals surface area contributed by atoms with Crippen molar-refractivity contribution in [2.45, 2.75) is 66.0 Å². The molecule has 1 aliphatic carbocycles. The van der Waals surface area contributed by atoms with Gasteiger partial charge in [-0.1, -0.05) is 45.4 Å². The van der Waals surface area contributed by atoms with Crippen molar-refractivity contribution < 1.29 is 0 Å². The van der Waals surface area contributed by atoms with Crippen molar-refractivity contribution in [1.29, 1.82) is 0 Å². The lowest BCUT2D eigenvalue weighted by Gasteiger charge is -1.99. The molecule has 2 heterocycles. The van der Waals surface area contributed by atoms with Crippen molar-refractivity contribution in [3.05, 3.63) is 50.8 Å². The lowest BCUT2D eigenvalue weighted by atomic mass is 10.3. The van der Waals surface area contributed by atoms with Crippen molar-refractivity contribution in [3.63, 3.8) is 0 Å². The van der Waals surface area contributed by atoms with Gasteiger partial charge in [-0.05, 0) is 38.3 Å². The van der Waals surface area contributed by atoms with Crippen molar-refractivity contribution in [1.82, 2.24) is 9.78 Å². The molecular weight excluding hydrogens is 352 g/mol. The molecule has 1 fully saturated rings. The molecule has 0 amide bonds. The lowest BCUT2D eigenvalue weighted by molar-refractivity contribution is 0.673. The number of unbranched alkanes of at least 4 members (excludes halogenated alkanes) is 1. The van der Waals surface area contributed by atoms with E-state index in [2.05, 4.69) is 57.4 Å². The van der Waals surface area contributed by atoms with E-state index >= 15 is 0 Å². The van der Waals surface area contributed by atoms with Crippen molar-refractivity contribution in [3.8, 4) is 0 Å². The number of allylic oxidation sites excluding steroid dienone is 2. The van der Waals surface area contributed by atoms with Crippen molar-refractivity contribution in [2.75, 3.05) is 0 Å². The van der Waals surface area contributed by atoms with Crippen LogP contribution < -0.4 is 16.3 Å². The highest BCUT2D eigenvalue weighted by atomic mass is 32.1. The highest BCUT2D eigenvalue weighted by Gasteiger charge is 2.20. The molecule has 27 heavy (non-hydrogen) atoms. The van der Waals surface area contributed by atoms with Gasteiger partial charge in [-0.2, -0.15) is 5.10 Å². The second kappa shape index (κ2) is 10.9. The SMILES string of the molecule is C/C=c1/cnn(Cc2cc(C(N)=NC3CC3)cs2)/c1=C/C=C\CCC.CC. The zero-order chi connectivity index (χ0) is 19.6. The van der Waals surface area contributed by atoms with Gasteiger partial charge in [0.15, 0.2) is 0 Å². The maximum absolute atomic E-state index is 6.11. The molecule has 0 spiro atoms. The Morgan fingerprint density at radius 2 is 2.19 bits per heavy atom. The molecule has 0 aliphatic heterocycles. The minimum absolute atomic E-state index is 0.452. The first-order chi connectivity index (χ1) is 13.2. The maximum Gasteiger partial charge on any atom is 0.126 e. The molecule has 2 aromatic heterocycles. The molecule has 1 saturated carbocycles. The lowest BCUT2D eigenvalue weighted by Crippen LogP contribution is -2.29. The minimum atomic E-state index is 0.452. The molecule has 0 aromatic carbocycles. The number of aromatic nitrogens is 2. The number of nitrogens with zero attached hydrogens (tertiary/aromatic N) is 3. The predicted molar refractivity (Wildman–Crippen MR) is 119 cm³/mol. The van der Waals surface area contributed by atoms with Crippen LogP contribution in [0.5, 0.6) is 0 Å². The smallest absolute Gasteiger partial charge is 0.126 e. The van der Waals surface area contributed by atoms with Crippen LogP contribution in [0.1, 0.15) is 63.8 Å². The van der Waals surface area contributed by atoms with Crippen LogP contribution in [-0.2, 0) is 6.54 Å². The Bertz CT molecular complexity index is 882. The Morgan fingerprint density at radius 1 is 1.41 bits per heavy atom. The first-order valence-electron chi connectivity index (χ1n) is 9.97. The van der Waals surface area contributed by atoms with Gasteiger partial charge in [-0.15, -0.1) is 11.3 Å². The van der Waals surface area contributed by atoms with Crippen LogP contribution in [0.15, 0.2) is 34.8 Å². The van der Waals surface area contributed by atoms with Gasteiger partial charge in [0.2, 0.25) is 0 Å². The summed E-state index contributed by atoms with van der Waals surface area (Å²) in [6, 6.07) is 2.59. The zero-order valence-corrected chi connectivity index (χ0v) is 17.8. The fraction of sp³-hybridized carbons (Fsp3) is 0.455. The third-order valence-corrected chi connectivity index (χ3v) is 5.11. The van der Waals surface area contributed by atoms with Crippen LogP contribution in [0, 0.1) is 0 Å². The Morgan fingerprint density at radius 3 is 2.85 bits per heavy atom. The molecule has 5 heteroatoms. The van der Waals surface area contributed by atoms with Crippen molar-refractivity contribution >= 4 is 29.3 Å². The summed E-state index contributed by atoms with van der Waals surface area (Å²) in [6.45, 7) is 8.99. The van der Waals surface area contributed by atoms with Gasteiger partial charge in [0.05, 0.1) is 24.1 Å². The Balaban J connectivity index is 0.00000126. The molecule has 0 atom stereocenters. The molecule has 0 unspecified atom stereocenters. The van der Waals surface area contributed by atoms with Gasteiger partial charge in [0, 0.05) is 21.0 Å². The fourth-order valence-electron chi connectivity index (χ4n) is 2.58. The molecule has 3 rings (SSSR count). The second-order valence-corrected chi connectivity index (χ2v) is 7.36. The van der Waals surface area contributed by atoms with Crippen LogP contribution in [0.25, 0.3) is 12.2 Å². The number of amidine groups is 1. The molecule has 2 N–H and O–H groups in total. The van der Waals surface area contributed by atoms with Gasteiger partial charge in [-0.25, -0.2) is 0 Å². The average molecular weight is 385 g/mol. The van der Waals surface area contributed by atoms with Gasteiger partial charge in [-0.3, -0.25) is 9.67 Å². The summed E-state index contributed by atoms with van der Waals surface area (Å²) in [5.41, 5.74) is 7.14. The molecule has 0 radical (unpaired) electrons. The largest absolute Gasteiger partial charge is 0.383 e. The third-order valence-electron chi connectivity index (χ3n) is 4.19. The van der Waals surface area contributed by atoms with Crippen LogP contribution in [-0.4, -0.2) is 21.7 Å². The van der Waals surface area contributed by atoms with Gasteiger partial charge in [0.25, 0.3) is 0 Å². The van der Waals surface area contributed by atoms with E-state index in [-0.39, 0.29) is 0 Å². The highest BCUT2D eigenvalue weighted by molar-refractivity contribution is 7.10. The second-order valence-electron chi connectivity index (χ2n) is 6.36. The summed E-state index contributed by atoms with van der Waals surface area (Å²) in [6.07, 6.45) is 15.1. The topological polar surface area (TPSA) is 56.2 Å². The summed E-state index contributed by atoms with van der Waals surface area (Å²) < 4.78 is 2.05. The van der Waals surface area contributed by atoms with Crippen LogP contribution >= 0.6 is 11.3 Å². The van der Waals surface area contributed by atoms with E-state index in [1.807, 2.05) is 27.0 Å². The molecular formula is C22H32N4S.